The van der Waals surface area contributed by atoms with Crippen molar-refractivity contribution in [2.24, 2.45) is 10.1 Å². The Labute approximate surface area is 226 Å². The molecule has 39 heavy (non-hydrogen) atoms. The molecule has 0 radical (unpaired) electrons. The number of nitrogens with zero attached hydrogens (tertiary/aromatic N) is 4. The van der Waals surface area contributed by atoms with E-state index in [0.717, 1.165) is 5.56 Å². The molecular formula is C29H29N5O5. The summed E-state index contributed by atoms with van der Waals surface area (Å²) in [6.07, 6.45) is 3.53. The van der Waals surface area contributed by atoms with Crippen molar-refractivity contribution < 1.29 is 24.2 Å². The van der Waals surface area contributed by atoms with Crippen LogP contribution in [0, 0.1) is 0 Å². The summed E-state index contributed by atoms with van der Waals surface area (Å²) in [6.45, 7) is 0.436. The summed E-state index contributed by atoms with van der Waals surface area (Å²) >= 11 is 0. The van der Waals surface area contributed by atoms with Crippen molar-refractivity contribution in [2.75, 3.05) is 20.3 Å². The van der Waals surface area contributed by atoms with Gasteiger partial charge in [0.2, 0.25) is 5.90 Å². The van der Waals surface area contributed by atoms with E-state index in [-0.39, 0.29) is 18.9 Å². The van der Waals surface area contributed by atoms with Gasteiger partial charge in [-0.2, -0.15) is 0 Å². The maximum atomic E-state index is 13.6. The normalized spacial score (nSPS) is 18.2. The molecule has 10 heteroatoms. The highest BCUT2D eigenvalue weighted by molar-refractivity contribution is 6.01. The average molecular weight is 528 g/mol. The van der Waals surface area contributed by atoms with E-state index in [0.29, 0.717) is 35.6 Å². The second-order valence-corrected chi connectivity index (χ2v) is 8.69. The Morgan fingerprint density at radius 2 is 1.90 bits per heavy atom. The molecule has 4 rings (SSSR count). The van der Waals surface area contributed by atoms with Crippen molar-refractivity contribution in [2.45, 2.75) is 24.5 Å². The number of aliphatic hydroxyl groups excluding tert-OH is 1. The van der Waals surface area contributed by atoms with E-state index in [1.54, 1.807) is 48.5 Å². The van der Waals surface area contributed by atoms with Crippen LogP contribution in [0.15, 0.2) is 95.0 Å². The first-order chi connectivity index (χ1) is 19.1. The van der Waals surface area contributed by atoms with Crippen molar-refractivity contribution in [3.63, 3.8) is 0 Å². The summed E-state index contributed by atoms with van der Waals surface area (Å²) in [5, 5.41) is 12.8. The summed E-state index contributed by atoms with van der Waals surface area (Å²) < 4.78 is 12.0. The summed E-state index contributed by atoms with van der Waals surface area (Å²) in [5.41, 5.74) is 12.6. The highest BCUT2D eigenvalue weighted by Gasteiger charge is 2.53. The first kappa shape index (κ1) is 27.4. The number of azide groups is 1. The van der Waals surface area contributed by atoms with Crippen molar-refractivity contribution >= 4 is 23.6 Å². The zero-order chi connectivity index (χ0) is 27.5. The van der Waals surface area contributed by atoms with E-state index in [1.165, 1.54) is 7.11 Å². The molecular weight excluding hydrogens is 498 g/mol. The summed E-state index contributed by atoms with van der Waals surface area (Å²) in [4.78, 5) is 26.4. The first-order valence-corrected chi connectivity index (χ1v) is 12.4. The Morgan fingerprint density at radius 3 is 2.62 bits per heavy atom. The molecule has 2 N–H and O–H groups in total. The van der Waals surface area contributed by atoms with Crippen molar-refractivity contribution in [3.8, 4) is 5.75 Å². The van der Waals surface area contributed by atoms with E-state index in [4.69, 9.17) is 29.9 Å². The number of hydrogen-bond acceptors (Lipinski definition) is 7. The maximum absolute atomic E-state index is 13.6. The van der Waals surface area contributed by atoms with E-state index in [2.05, 4.69) is 15.5 Å². The van der Waals surface area contributed by atoms with Gasteiger partial charge in [0.15, 0.2) is 11.6 Å². The maximum Gasteiger partial charge on any atom is 0.276 e. The largest absolute Gasteiger partial charge is 0.494 e. The number of aliphatic hydroxyl groups is 1. The van der Waals surface area contributed by atoms with Crippen LogP contribution in [0.4, 0.5) is 5.69 Å². The third kappa shape index (κ3) is 6.45. The van der Waals surface area contributed by atoms with Crippen LogP contribution >= 0.6 is 0 Å². The average Bonchev–Trinajstić information content (AvgIpc) is 3.35. The van der Waals surface area contributed by atoms with Crippen LogP contribution in [0.2, 0.25) is 0 Å². The molecule has 0 fully saturated rings. The number of hydrogen-bond donors (Lipinski definition) is 2. The van der Waals surface area contributed by atoms with Gasteiger partial charge in [0.05, 0.1) is 13.7 Å². The number of rotatable bonds is 12. The van der Waals surface area contributed by atoms with Gasteiger partial charge in [-0.25, -0.2) is 10.5 Å². The fourth-order valence-corrected chi connectivity index (χ4v) is 4.26. The Balaban J connectivity index is 1.77. The van der Waals surface area contributed by atoms with Gasteiger partial charge in [-0.05, 0) is 35.4 Å². The van der Waals surface area contributed by atoms with Crippen LogP contribution in [0.5, 0.6) is 5.75 Å². The zero-order valence-electron chi connectivity index (χ0n) is 21.4. The lowest BCUT2D eigenvalue weighted by Crippen LogP contribution is -2.47. The Bertz CT molecular complexity index is 1370. The predicted molar refractivity (Wildman–Crippen MR) is 147 cm³/mol. The van der Waals surface area contributed by atoms with E-state index >= 15 is 0 Å². The third-order valence-corrected chi connectivity index (χ3v) is 6.14. The van der Waals surface area contributed by atoms with Gasteiger partial charge in [-0.15, -0.1) is 0 Å². The fourth-order valence-electron chi connectivity index (χ4n) is 4.26. The number of carbonyl (C=O) groups is 1. The molecule has 10 nitrogen and oxygen atoms in total. The van der Waals surface area contributed by atoms with Gasteiger partial charge in [0.1, 0.15) is 5.75 Å². The first-order valence-electron chi connectivity index (χ1n) is 12.4. The van der Waals surface area contributed by atoms with Gasteiger partial charge in [-0.1, -0.05) is 71.9 Å². The topological polar surface area (TPSA) is 138 Å². The molecule has 0 saturated carbocycles. The SMILES string of the molecule is CONC(=O)[C@@]1(C/C=C/c2ccccc2)N=C(c2ccc(OCCCO)cc2)O[C@H]1c1ccccc1N=[N+]=[N-]. The minimum Gasteiger partial charge on any atom is -0.494 e. The minimum absolute atomic E-state index is 0.0474. The molecule has 1 aliphatic heterocycles. The summed E-state index contributed by atoms with van der Waals surface area (Å²) in [5.74, 6) is 0.365. The molecule has 3 aromatic rings. The third-order valence-electron chi connectivity index (χ3n) is 6.14. The van der Waals surface area contributed by atoms with Gasteiger partial charge < -0.3 is 14.6 Å². The van der Waals surface area contributed by atoms with Crippen LogP contribution in [0.3, 0.4) is 0 Å². The Kier molecular flexibility index (Phi) is 9.31. The van der Waals surface area contributed by atoms with Gasteiger partial charge in [-0.3, -0.25) is 9.63 Å². The smallest absolute Gasteiger partial charge is 0.276 e. The van der Waals surface area contributed by atoms with Gasteiger partial charge in [0.25, 0.3) is 5.91 Å². The quantitative estimate of drug-likeness (QED) is 0.106. The van der Waals surface area contributed by atoms with E-state index < -0.39 is 17.6 Å². The lowest BCUT2D eigenvalue weighted by atomic mass is 9.83. The zero-order valence-corrected chi connectivity index (χ0v) is 21.4. The second-order valence-electron chi connectivity index (χ2n) is 8.69. The van der Waals surface area contributed by atoms with Crippen LogP contribution in [-0.2, 0) is 14.4 Å². The minimum atomic E-state index is -1.48. The molecule has 1 heterocycles. The Hall–Kier alpha value is -4.63. The molecule has 0 saturated heterocycles. The predicted octanol–water partition coefficient (Wildman–Crippen LogP) is 5.43. The van der Waals surface area contributed by atoms with Gasteiger partial charge >= 0.3 is 0 Å². The molecule has 0 aliphatic carbocycles. The lowest BCUT2D eigenvalue weighted by molar-refractivity contribution is -0.139. The standard InChI is InChI=1S/C29H29N5O5/c1-37-33-28(36)29(18-7-11-21-9-3-2-4-10-21)26(24-12-5-6-13-25(24)32-34-30)39-27(31-29)22-14-16-23(17-15-22)38-20-8-19-35/h2-7,9-17,26,35H,8,18-20H2,1H3,(H,33,36)/b11-7+/t26-,29-/m0/s1. The highest BCUT2D eigenvalue weighted by Crippen LogP contribution is 2.45. The number of hydroxylamine groups is 1. The molecule has 0 unspecified atom stereocenters. The number of ether oxygens (including phenoxy) is 2. The second kappa shape index (κ2) is 13.3. The fraction of sp³-hybridized carbons (Fsp3) is 0.241. The number of amides is 1. The van der Waals surface area contributed by atoms with Gasteiger partial charge in [0, 0.05) is 41.2 Å². The van der Waals surface area contributed by atoms with Crippen LogP contribution < -0.4 is 10.2 Å². The Morgan fingerprint density at radius 1 is 1.15 bits per heavy atom. The molecule has 0 spiro atoms. The summed E-state index contributed by atoms with van der Waals surface area (Å²) in [6, 6.07) is 23.7. The summed E-state index contributed by atoms with van der Waals surface area (Å²) in [7, 11) is 1.35. The monoisotopic (exact) mass is 527 g/mol. The van der Waals surface area contributed by atoms with Crippen molar-refractivity contribution in [1.29, 1.82) is 0 Å². The van der Waals surface area contributed by atoms with Crippen LogP contribution in [0.25, 0.3) is 16.5 Å². The lowest BCUT2D eigenvalue weighted by Gasteiger charge is -2.29. The molecule has 2 atom stereocenters. The number of aliphatic imine (C=N–C) groups is 1. The molecule has 0 bridgehead atoms. The van der Waals surface area contributed by atoms with Crippen molar-refractivity contribution in [1.82, 2.24) is 5.48 Å². The highest BCUT2D eigenvalue weighted by atomic mass is 16.6. The number of carbonyl (C=O) groups excluding carboxylic acids is 1. The molecule has 0 aromatic heterocycles. The molecule has 200 valence electrons. The molecule has 3 aromatic carbocycles. The number of nitrogens with one attached hydrogen (secondary N) is 1. The van der Waals surface area contributed by atoms with Crippen molar-refractivity contribution in [3.05, 3.63) is 112 Å². The molecule has 1 amide bonds. The van der Waals surface area contributed by atoms with Crippen LogP contribution in [-0.4, -0.2) is 42.8 Å². The van der Waals surface area contributed by atoms with E-state index in [9.17, 15) is 4.79 Å². The molecule has 1 aliphatic rings. The van der Waals surface area contributed by atoms with Crippen LogP contribution in [0.1, 0.15) is 35.6 Å². The van der Waals surface area contributed by atoms with E-state index in [1.807, 2.05) is 42.5 Å². The number of benzene rings is 3.